The number of amides is 1. The monoisotopic (exact) mass is 274 g/mol. The van der Waals surface area contributed by atoms with Crippen molar-refractivity contribution in [2.75, 3.05) is 19.6 Å². The van der Waals surface area contributed by atoms with Crippen LogP contribution in [0.3, 0.4) is 0 Å². The van der Waals surface area contributed by atoms with Crippen molar-refractivity contribution in [2.24, 2.45) is 0 Å². The van der Waals surface area contributed by atoms with Crippen molar-refractivity contribution in [3.05, 3.63) is 35.9 Å². The van der Waals surface area contributed by atoms with Crippen molar-refractivity contribution in [3.63, 3.8) is 0 Å². The van der Waals surface area contributed by atoms with Gasteiger partial charge in [0.1, 0.15) is 0 Å². The molecule has 1 aromatic carbocycles. The molecule has 1 heterocycles. The molecular formula is C17H26N2O. The molecule has 3 nitrogen and oxygen atoms in total. The van der Waals surface area contributed by atoms with Gasteiger partial charge >= 0.3 is 0 Å². The lowest BCUT2D eigenvalue weighted by atomic mass is 10.2. The highest BCUT2D eigenvalue weighted by molar-refractivity contribution is 5.76. The van der Waals surface area contributed by atoms with Gasteiger partial charge in [-0.1, -0.05) is 30.3 Å². The number of likely N-dealkylation sites (tertiary alicyclic amines) is 1. The largest absolute Gasteiger partial charge is 0.343 e. The van der Waals surface area contributed by atoms with Crippen LogP contribution in [0.25, 0.3) is 0 Å². The summed E-state index contributed by atoms with van der Waals surface area (Å²) in [4.78, 5) is 16.5. The second-order valence-corrected chi connectivity index (χ2v) is 5.89. The maximum absolute atomic E-state index is 12.1. The molecule has 0 radical (unpaired) electrons. The van der Waals surface area contributed by atoms with E-state index in [-0.39, 0.29) is 0 Å². The first kappa shape index (κ1) is 15.0. The van der Waals surface area contributed by atoms with Crippen LogP contribution in [0.1, 0.15) is 38.7 Å². The number of hydrogen-bond acceptors (Lipinski definition) is 2. The Kier molecular flexibility index (Phi) is 5.60. The normalized spacial score (nSPS) is 15.3. The van der Waals surface area contributed by atoms with Gasteiger partial charge < -0.3 is 4.90 Å². The predicted octanol–water partition coefficient (Wildman–Crippen LogP) is 2.91. The van der Waals surface area contributed by atoms with Gasteiger partial charge in [0.05, 0.1) is 0 Å². The SMILES string of the molecule is CC(C)N(CCC(=O)N1CCCC1)Cc1ccccc1. The third kappa shape index (κ3) is 4.34. The van der Waals surface area contributed by atoms with Crippen LogP contribution in [-0.2, 0) is 11.3 Å². The molecule has 20 heavy (non-hydrogen) atoms. The number of nitrogens with zero attached hydrogens (tertiary/aromatic N) is 2. The van der Waals surface area contributed by atoms with Crippen molar-refractivity contribution in [3.8, 4) is 0 Å². The summed E-state index contributed by atoms with van der Waals surface area (Å²) in [5, 5.41) is 0. The topological polar surface area (TPSA) is 23.6 Å². The van der Waals surface area contributed by atoms with Gasteiger partial charge in [-0.3, -0.25) is 9.69 Å². The van der Waals surface area contributed by atoms with Crippen LogP contribution < -0.4 is 0 Å². The van der Waals surface area contributed by atoms with Gasteiger partial charge in [0.15, 0.2) is 0 Å². The van der Waals surface area contributed by atoms with Crippen molar-refractivity contribution in [2.45, 2.75) is 45.7 Å². The predicted molar refractivity (Wildman–Crippen MR) is 82.4 cm³/mol. The molecule has 1 aromatic rings. The van der Waals surface area contributed by atoms with Crippen molar-refractivity contribution in [1.29, 1.82) is 0 Å². The number of hydrogen-bond donors (Lipinski definition) is 0. The van der Waals surface area contributed by atoms with E-state index >= 15 is 0 Å². The van der Waals surface area contributed by atoms with Gasteiger partial charge in [0.25, 0.3) is 0 Å². The standard InChI is InChI=1S/C17H26N2O/c1-15(2)19(14-16-8-4-3-5-9-16)13-10-17(20)18-11-6-7-12-18/h3-5,8-9,15H,6-7,10-14H2,1-2H3. The molecule has 0 atom stereocenters. The van der Waals surface area contributed by atoms with E-state index in [4.69, 9.17) is 0 Å². The Morgan fingerprint density at radius 1 is 1.20 bits per heavy atom. The molecule has 0 aromatic heterocycles. The minimum atomic E-state index is 0.321. The number of carbonyl (C=O) groups excluding carboxylic acids is 1. The summed E-state index contributed by atoms with van der Waals surface area (Å²) in [6.07, 6.45) is 2.98. The molecule has 1 saturated heterocycles. The molecule has 0 bridgehead atoms. The van der Waals surface area contributed by atoms with E-state index in [2.05, 4.69) is 43.0 Å². The van der Waals surface area contributed by atoms with Crippen molar-refractivity contribution >= 4 is 5.91 Å². The van der Waals surface area contributed by atoms with Crippen LogP contribution in [0, 0.1) is 0 Å². The van der Waals surface area contributed by atoms with Gasteiger partial charge in [-0.05, 0) is 32.3 Å². The minimum Gasteiger partial charge on any atom is -0.343 e. The van der Waals surface area contributed by atoms with E-state index in [0.29, 0.717) is 18.4 Å². The fraction of sp³-hybridized carbons (Fsp3) is 0.588. The van der Waals surface area contributed by atoms with Gasteiger partial charge in [0, 0.05) is 38.6 Å². The second-order valence-electron chi connectivity index (χ2n) is 5.89. The summed E-state index contributed by atoms with van der Waals surface area (Å²) in [6, 6.07) is 10.9. The van der Waals surface area contributed by atoms with E-state index in [1.807, 2.05) is 11.0 Å². The summed E-state index contributed by atoms with van der Waals surface area (Å²) in [5.74, 6) is 0.321. The Bertz CT molecular complexity index is 410. The Labute approximate surface area is 122 Å². The van der Waals surface area contributed by atoms with Crippen LogP contribution in [0.5, 0.6) is 0 Å². The zero-order chi connectivity index (χ0) is 14.4. The first-order valence-corrected chi connectivity index (χ1v) is 7.72. The minimum absolute atomic E-state index is 0.321. The van der Waals surface area contributed by atoms with E-state index in [1.54, 1.807) is 0 Å². The maximum atomic E-state index is 12.1. The van der Waals surface area contributed by atoms with Crippen LogP contribution in [0.4, 0.5) is 0 Å². The Morgan fingerprint density at radius 3 is 2.45 bits per heavy atom. The molecule has 0 unspecified atom stereocenters. The zero-order valence-electron chi connectivity index (χ0n) is 12.7. The Morgan fingerprint density at radius 2 is 1.85 bits per heavy atom. The highest BCUT2D eigenvalue weighted by atomic mass is 16.2. The lowest BCUT2D eigenvalue weighted by Gasteiger charge is -2.27. The molecular weight excluding hydrogens is 248 g/mol. The fourth-order valence-electron chi connectivity index (χ4n) is 2.70. The Hall–Kier alpha value is -1.35. The van der Waals surface area contributed by atoms with E-state index in [9.17, 15) is 4.79 Å². The molecule has 1 fully saturated rings. The fourth-order valence-corrected chi connectivity index (χ4v) is 2.70. The summed E-state index contributed by atoms with van der Waals surface area (Å²) in [5.41, 5.74) is 1.31. The number of rotatable bonds is 6. The van der Waals surface area contributed by atoms with Crippen molar-refractivity contribution < 1.29 is 4.79 Å². The van der Waals surface area contributed by atoms with E-state index in [0.717, 1.165) is 26.2 Å². The molecule has 3 heteroatoms. The van der Waals surface area contributed by atoms with Gasteiger partial charge in [0.2, 0.25) is 5.91 Å². The zero-order valence-corrected chi connectivity index (χ0v) is 12.7. The molecule has 1 amide bonds. The van der Waals surface area contributed by atoms with Crippen LogP contribution >= 0.6 is 0 Å². The third-order valence-electron chi connectivity index (χ3n) is 4.03. The molecule has 0 N–H and O–H groups in total. The molecule has 0 aliphatic carbocycles. The maximum Gasteiger partial charge on any atom is 0.223 e. The molecule has 0 spiro atoms. The molecule has 110 valence electrons. The summed E-state index contributed by atoms with van der Waals surface area (Å²) >= 11 is 0. The smallest absolute Gasteiger partial charge is 0.223 e. The van der Waals surface area contributed by atoms with Crippen molar-refractivity contribution in [1.82, 2.24) is 9.80 Å². The molecule has 1 aliphatic rings. The summed E-state index contributed by atoms with van der Waals surface area (Å²) in [6.45, 7) is 8.08. The average molecular weight is 274 g/mol. The van der Waals surface area contributed by atoms with E-state index < -0.39 is 0 Å². The first-order valence-electron chi connectivity index (χ1n) is 7.72. The highest BCUT2D eigenvalue weighted by Crippen LogP contribution is 2.12. The van der Waals surface area contributed by atoms with Gasteiger partial charge in [-0.15, -0.1) is 0 Å². The van der Waals surface area contributed by atoms with E-state index in [1.165, 1.54) is 18.4 Å². The number of benzene rings is 1. The summed E-state index contributed by atoms with van der Waals surface area (Å²) in [7, 11) is 0. The lowest BCUT2D eigenvalue weighted by Crippen LogP contribution is -2.35. The number of carbonyl (C=O) groups is 1. The average Bonchev–Trinajstić information content (AvgIpc) is 2.98. The second kappa shape index (κ2) is 7.44. The van der Waals surface area contributed by atoms with Gasteiger partial charge in [-0.25, -0.2) is 0 Å². The quantitative estimate of drug-likeness (QED) is 0.796. The van der Waals surface area contributed by atoms with Crippen LogP contribution in [-0.4, -0.2) is 41.4 Å². The molecule has 1 aliphatic heterocycles. The van der Waals surface area contributed by atoms with Crippen LogP contribution in [0.15, 0.2) is 30.3 Å². The summed E-state index contributed by atoms with van der Waals surface area (Å²) < 4.78 is 0. The highest BCUT2D eigenvalue weighted by Gasteiger charge is 2.19. The first-order chi connectivity index (χ1) is 9.66. The lowest BCUT2D eigenvalue weighted by molar-refractivity contribution is -0.130. The molecule has 2 rings (SSSR count). The van der Waals surface area contributed by atoms with Crippen LogP contribution in [0.2, 0.25) is 0 Å². The van der Waals surface area contributed by atoms with Gasteiger partial charge in [-0.2, -0.15) is 0 Å². The third-order valence-corrected chi connectivity index (χ3v) is 4.03. The Balaban J connectivity index is 1.84. The molecule has 0 saturated carbocycles.